The Morgan fingerprint density at radius 1 is 1.12 bits per heavy atom. The lowest BCUT2D eigenvalue weighted by Crippen LogP contribution is -2.23. The van der Waals surface area contributed by atoms with E-state index in [1.165, 1.54) is 18.4 Å². The highest BCUT2D eigenvalue weighted by Crippen LogP contribution is 2.24. The molecule has 0 saturated heterocycles. The molecule has 1 aromatic carbocycles. The van der Waals surface area contributed by atoms with Crippen LogP contribution in [0, 0.1) is 0 Å². The van der Waals surface area contributed by atoms with E-state index in [1.54, 1.807) is 0 Å². The van der Waals surface area contributed by atoms with Crippen LogP contribution in [0.1, 0.15) is 32.3 Å². The van der Waals surface area contributed by atoms with Crippen molar-refractivity contribution in [1.82, 2.24) is 5.32 Å². The lowest BCUT2D eigenvalue weighted by atomic mass is 10.1. The summed E-state index contributed by atoms with van der Waals surface area (Å²) in [4.78, 5) is 0. The van der Waals surface area contributed by atoms with Crippen LogP contribution in [0.3, 0.4) is 0 Å². The quantitative estimate of drug-likeness (QED) is 0.744. The smallest absolute Gasteiger partial charge is 0.0320 e. The number of hydrogen-bond donors (Lipinski definition) is 1. The van der Waals surface area contributed by atoms with Gasteiger partial charge in [-0.2, -0.15) is 0 Å². The zero-order valence-electron chi connectivity index (χ0n) is 9.89. The molecule has 0 amide bonds. The molecule has 16 heavy (non-hydrogen) atoms. The molecule has 0 aliphatic rings. The normalized spacial score (nSPS) is 11.1. The van der Waals surface area contributed by atoms with Crippen LogP contribution in [-0.2, 0) is 6.42 Å². The van der Waals surface area contributed by atoms with Crippen LogP contribution in [0.2, 0.25) is 0 Å². The summed E-state index contributed by atoms with van der Waals surface area (Å²) in [6.07, 6.45) is 3.64. The highest BCUT2D eigenvalue weighted by Gasteiger charge is 1.99. The number of hydrogen-bond acceptors (Lipinski definition) is 1. The Bertz CT molecular complexity index is 324. The molecule has 0 aliphatic heterocycles. The zero-order chi connectivity index (χ0) is 12.0. The van der Waals surface area contributed by atoms with Crippen molar-refractivity contribution in [3.8, 4) is 0 Å². The van der Waals surface area contributed by atoms with Crippen molar-refractivity contribution in [2.45, 2.75) is 39.2 Å². The van der Waals surface area contributed by atoms with Crippen LogP contribution in [0.5, 0.6) is 0 Å². The number of aryl methyl sites for hydroxylation is 1. The second-order valence-electron chi connectivity index (χ2n) is 4.31. The molecule has 0 aliphatic carbocycles. The van der Waals surface area contributed by atoms with E-state index >= 15 is 0 Å². The molecular formula is C13H19Br2N. The maximum atomic E-state index is 3.53. The van der Waals surface area contributed by atoms with E-state index in [0.717, 1.165) is 21.9 Å². The Morgan fingerprint density at radius 2 is 1.88 bits per heavy atom. The van der Waals surface area contributed by atoms with Crippen LogP contribution in [0.4, 0.5) is 0 Å². The van der Waals surface area contributed by atoms with Gasteiger partial charge in [0.15, 0.2) is 0 Å². The van der Waals surface area contributed by atoms with E-state index in [2.05, 4.69) is 69.2 Å². The Hall–Kier alpha value is 0.140. The van der Waals surface area contributed by atoms with E-state index in [-0.39, 0.29) is 0 Å². The number of halogens is 2. The number of unbranched alkanes of at least 4 members (excludes halogenated alkanes) is 1. The zero-order valence-corrected chi connectivity index (χ0v) is 13.1. The molecule has 0 radical (unpaired) electrons. The Morgan fingerprint density at radius 3 is 2.50 bits per heavy atom. The van der Waals surface area contributed by atoms with Gasteiger partial charge in [-0.3, -0.25) is 0 Å². The highest BCUT2D eigenvalue weighted by atomic mass is 79.9. The van der Waals surface area contributed by atoms with E-state index in [1.807, 2.05) is 0 Å². The van der Waals surface area contributed by atoms with Gasteiger partial charge in [0.05, 0.1) is 0 Å². The van der Waals surface area contributed by atoms with Crippen molar-refractivity contribution < 1.29 is 0 Å². The summed E-state index contributed by atoms with van der Waals surface area (Å²) in [6, 6.07) is 7.08. The summed E-state index contributed by atoms with van der Waals surface area (Å²) < 4.78 is 2.27. The van der Waals surface area contributed by atoms with Crippen LogP contribution >= 0.6 is 31.9 Å². The van der Waals surface area contributed by atoms with Crippen molar-refractivity contribution in [3.05, 3.63) is 32.7 Å². The van der Waals surface area contributed by atoms with E-state index in [9.17, 15) is 0 Å². The van der Waals surface area contributed by atoms with Crippen molar-refractivity contribution in [2.75, 3.05) is 6.54 Å². The summed E-state index contributed by atoms with van der Waals surface area (Å²) in [5, 5.41) is 3.44. The van der Waals surface area contributed by atoms with Gasteiger partial charge in [-0.1, -0.05) is 19.9 Å². The second kappa shape index (κ2) is 7.46. The third-order valence-corrected chi connectivity index (χ3v) is 4.31. The molecule has 0 unspecified atom stereocenters. The third kappa shape index (κ3) is 5.46. The summed E-state index contributed by atoms with van der Waals surface area (Å²) in [5.74, 6) is 0. The van der Waals surface area contributed by atoms with Crippen LogP contribution in [-0.4, -0.2) is 12.6 Å². The predicted molar refractivity (Wildman–Crippen MR) is 77.9 cm³/mol. The van der Waals surface area contributed by atoms with Crippen molar-refractivity contribution in [1.29, 1.82) is 0 Å². The molecule has 1 aromatic rings. The maximum Gasteiger partial charge on any atom is 0.0320 e. The SMILES string of the molecule is CC(C)NCCCCc1ccc(Br)c(Br)c1. The Kier molecular flexibility index (Phi) is 6.62. The first-order valence-corrected chi connectivity index (χ1v) is 7.35. The molecule has 0 heterocycles. The summed E-state index contributed by atoms with van der Waals surface area (Å²) in [5.41, 5.74) is 1.40. The second-order valence-corrected chi connectivity index (χ2v) is 6.02. The fourth-order valence-electron chi connectivity index (χ4n) is 1.54. The minimum absolute atomic E-state index is 0.599. The third-order valence-electron chi connectivity index (χ3n) is 2.43. The van der Waals surface area contributed by atoms with Crippen LogP contribution in [0.15, 0.2) is 27.1 Å². The molecule has 0 bridgehead atoms. The molecule has 3 heteroatoms. The molecule has 0 fully saturated rings. The lowest BCUT2D eigenvalue weighted by molar-refractivity contribution is 0.557. The number of rotatable bonds is 6. The number of nitrogens with one attached hydrogen (secondary N) is 1. The molecular weight excluding hydrogens is 330 g/mol. The van der Waals surface area contributed by atoms with Gasteiger partial charge in [-0.25, -0.2) is 0 Å². The van der Waals surface area contributed by atoms with Gasteiger partial charge >= 0.3 is 0 Å². The average Bonchev–Trinajstić information content (AvgIpc) is 2.22. The fraction of sp³-hybridized carbons (Fsp3) is 0.538. The standard InChI is InChI=1S/C13H19Br2N/c1-10(2)16-8-4-3-5-11-6-7-12(14)13(15)9-11/h6-7,9-10,16H,3-5,8H2,1-2H3. The van der Waals surface area contributed by atoms with Gasteiger partial charge in [0, 0.05) is 15.0 Å². The minimum atomic E-state index is 0.599. The molecule has 0 spiro atoms. The summed E-state index contributed by atoms with van der Waals surface area (Å²) in [6.45, 7) is 5.49. The van der Waals surface area contributed by atoms with Crippen LogP contribution in [0.25, 0.3) is 0 Å². The maximum absolute atomic E-state index is 3.53. The van der Waals surface area contributed by atoms with Gasteiger partial charge in [0.1, 0.15) is 0 Å². The van der Waals surface area contributed by atoms with Crippen molar-refractivity contribution in [3.63, 3.8) is 0 Å². The first-order valence-electron chi connectivity index (χ1n) is 5.77. The van der Waals surface area contributed by atoms with Crippen LogP contribution < -0.4 is 5.32 Å². The monoisotopic (exact) mass is 347 g/mol. The molecule has 1 rings (SSSR count). The lowest BCUT2D eigenvalue weighted by Gasteiger charge is -2.07. The van der Waals surface area contributed by atoms with Gasteiger partial charge in [-0.15, -0.1) is 0 Å². The highest BCUT2D eigenvalue weighted by molar-refractivity contribution is 9.13. The van der Waals surface area contributed by atoms with Gasteiger partial charge in [0.25, 0.3) is 0 Å². The minimum Gasteiger partial charge on any atom is -0.315 e. The van der Waals surface area contributed by atoms with Gasteiger partial charge < -0.3 is 5.32 Å². The fourth-order valence-corrected chi connectivity index (χ4v) is 2.21. The topological polar surface area (TPSA) is 12.0 Å². The van der Waals surface area contributed by atoms with Crippen molar-refractivity contribution in [2.24, 2.45) is 0 Å². The Balaban J connectivity index is 2.24. The van der Waals surface area contributed by atoms with E-state index < -0.39 is 0 Å². The molecule has 1 nitrogen and oxygen atoms in total. The first kappa shape index (κ1) is 14.2. The van der Waals surface area contributed by atoms with Crippen molar-refractivity contribution >= 4 is 31.9 Å². The average molecular weight is 349 g/mol. The summed E-state index contributed by atoms with van der Waals surface area (Å²) >= 11 is 7.01. The molecule has 90 valence electrons. The van der Waals surface area contributed by atoms with Gasteiger partial charge in [0.2, 0.25) is 0 Å². The molecule has 0 atom stereocenters. The van der Waals surface area contributed by atoms with E-state index in [4.69, 9.17) is 0 Å². The Labute approximate surface area is 115 Å². The van der Waals surface area contributed by atoms with Gasteiger partial charge in [-0.05, 0) is 75.4 Å². The summed E-state index contributed by atoms with van der Waals surface area (Å²) in [7, 11) is 0. The molecule has 0 aromatic heterocycles. The largest absolute Gasteiger partial charge is 0.315 e. The molecule has 0 saturated carbocycles. The van der Waals surface area contributed by atoms with E-state index in [0.29, 0.717) is 6.04 Å². The first-order chi connectivity index (χ1) is 7.59. The molecule has 1 N–H and O–H groups in total. The predicted octanol–water partition coefficient (Wildman–Crippen LogP) is 4.53. The number of benzene rings is 1.